The molecule has 20 heavy (non-hydrogen) atoms. The topological polar surface area (TPSA) is 61.8 Å². The van der Waals surface area contributed by atoms with Crippen molar-refractivity contribution in [3.8, 4) is 0 Å². The lowest BCUT2D eigenvalue weighted by molar-refractivity contribution is -0.181. The summed E-state index contributed by atoms with van der Waals surface area (Å²) < 4.78 is 16.5. The van der Waals surface area contributed by atoms with E-state index in [-0.39, 0.29) is 35.6 Å². The summed E-state index contributed by atoms with van der Waals surface area (Å²) in [5.74, 6) is 2.65. The molecule has 0 amide bonds. The van der Waals surface area contributed by atoms with Crippen molar-refractivity contribution >= 4 is 11.9 Å². The van der Waals surface area contributed by atoms with E-state index < -0.39 is 11.2 Å². The third-order valence-corrected chi connectivity index (χ3v) is 7.83. The van der Waals surface area contributed by atoms with Crippen LogP contribution in [-0.2, 0) is 23.8 Å². The summed E-state index contributed by atoms with van der Waals surface area (Å²) in [6.45, 7) is 0. The van der Waals surface area contributed by atoms with Gasteiger partial charge in [0.2, 0.25) is 0 Å². The first kappa shape index (κ1) is 10.6. The van der Waals surface area contributed by atoms with E-state index in [9.17, 15) is 9.59 Å². The van der Waals surface area contributed by atoms with E-state index in [0.29, 0.717) is 23.7 Å². The maximum atomic E-state index is 12.5. The Kier molecular flexibility index (Phi) is 1.34. The average molecular weight is 276 g/mol. The molecule has 10 unspecified atom stereocenters. The lowest BCUT2D eigenvalue weighted by Gasteiger charge is -2.46. The summed E-state index contributed by atoms with van der Waals surface area (Å²) >= 11 is 0. The Labute approximate surface area is 115 Å². The Morgan fingerprint density at radius 1 is 0.900 bits per heavy atom. The summed E-state index contributed by atoms with van der Waals surface area (Å²) in [5, 5.41) is 0. The van der Waals surface area contributed by atoms with Gasteiger partial charge < -0.3 is 14.2 Å². The quantitative estimate of drug-likeness (QED) is 0.676. The summed E-state index contributed by atoms with van der Waals surface area (Å²) in [4.78, 5) is 25.0. The minimum atomic E-state index is -0.824. The predicted octanol–water partition coefficient (Wildman–Crippen LogP) is 0.228. The van der Waals surface area contributed by atoms with Crippen LogP contribution in [0.25, 0.3) is 0 Å². The Bertz CT molecular complexity index is 547. The zero-order valence-electron chi connectivity index (χ0n) is 11.4. The molecule has 0 N–H and O–H groups in total. The molecule has 10 atom stereocenters. The van der Waals surface area contributed by atoms with Gasteiger partial charge in [-0.15, -0.1) is 0 Å². The van der Waals surface area contributed by atoms with Gasteiger partial charge in [-0.05, 0) is 30.1 Å². The van der Waals surface area contributed by atoms with Crippen LogP contribution < -0.4 is 0 Å². The minimum Gasteiger partial charge on any atom is -0.467 e. The Hall–Kier alpha value is -1.10. The SMILES string of the molecule is COC(=O)C12OC3(C(=O)OC)C4C5CC(C6C5C3C61)C42. The monoisotopic (exact) mass is 276 g/mol. The summed E-state index contributed by atoms with van der Waals surface area (Å²) in [7, 11) is 2.85. The van der Waals surface area contributed by atoms with Crippen molar-refractivity contribution in [1.29, 1.82) is 0 Å². The number of carbonyl (C=O) groups is 2. The smallest absolute Gasteiger partial charge is 0.338 e. The second-order valence-corrected chi connectivity index (χ2v) is 7.49. The zero-order valence-corrected chi connectivity index (χ0v) is 11.4. The molecule has 5 heteroatoms. The molecule has 0 aromatic heterocycles. The van der Waals surface area contributed by atoms with Gasteiger partial charge in [0.15, 0.2) is 11.2 Å². The molecule has 7 aliphatic rings. The number of carbonyl (C=O) groups excluding carboxylic acids is 2. The Balaban J connectivity index is 1.64. The minimum absolute atomic E-state index is 0.198. The third kappa shape index (κ3) is 0.593. The van der Waals surface area contributed by atoms with Crippen LogP contribution >= 0.6 is 0 Å². The Morgan fingerprint density at radius 3 is 1.75 bits per heavy atom. The fraction of sp³-hybridized carbons (Fsp3) is 0.867. The molecule has 7 fully saturated rings. The Morgan fingerprint density at radius 2 is 1.35 bits per heavy atom. The molecule has 5 saturated carbocycles. The molecule has 2 aliphatic heterocycles. The third-order valence-electron chi connectivity index (χ3n) is 7.83. The van der Waals surface area contributed by atoms with E-state index >= 15 is 0 Å². The fourth-order valence-corrected chi connectivity index (χ4v) is 8.07. The average Bonchev–Trinajstić information content (AvgIpc) is 3.07. The fourth-order valence-electron chi connectivity index (χ4n) is 8.07. The molecule has 0 aromatic carbocycles. The van der Waals surface area contributed by atoms with E-state index in [1.54, 1.807) is 0 Å². The second kappa shape index (κ2) is 2.54. The largest absolute Gasteiger partial charge is 0.467 e. The molecule has 106 valence electrons. The van der Waals surface area contributed by atoms with Gasteiger partial charge in [-0.3, -0.25) is 0 Å². The van der Waals surface area contributed by atoms with E-state index in [2.05, 4.69) is 0 Å². The first-order chi connectivity index (χ1) is 9.64. The normalized spacial score (nSPS) is 67.9. The summed E-state index contributed by atoms with van der Waals surface area (Å²) in [5.41, 5.74) is -1.65. The van der Waals surface area contributed by atoms with Gasteiger partial charge in [-0.2, -0.15) is 0 Å². The van der Waals surface area contributed by atoms with E-state index in [1.807, 2.05) is 0 Å². The van der Waals surface area contributed by atoms with Crippen molar-refractivity contribution in [1.82, 2.24) is 0 Å². The number of esters is 2. The van der Waals surface area contributed by atoms with Crippen molar-refractivity contribution in [2.75, 3.05) is 14.2 Å². The molecule has 2 heterocycles. The molecular weight excluding hydrogens is 260 g/mol. The number of methoxy groups -OCH3 is 2. The van der Waals surface area contributed by atoms with Crippen molar-refractivity contribution in [2.24, 2.45) is 47.3 Å². The van der Waals surface area contributed by atoms with Crippen LogP contribution in [0.15, 0.2) is 0 Å². The maximum absolute atomic E-state index is 12.5. The van der Waals surface area contributed by atoms with Crippen LogP contribution in [0.3, 0.4) is 0 Å². The molecule has 5 nitrogen and oxygen atoms in total. The zero-order chi connectivity index (χ0) is 13.6. The van der Waals surface area contributed by atoms with Crippen molar-refractivity contribution in [3.05, 3.63) is 0 Å². The molecule has 2 saturated heterocycles. The van der Waals surface area contributed by atoms with Crippen molar-refractivity contribution < 1.29 is 23.8 Å². The molecule has 5 aliphatic carbocycles. The van der Waals surface area contributed by atoms with E-state index in [0.717, 1.165) is 0 Å². The maximum Gasteiger partial charge on any atom is 0.338 e. The van der Waals surface area contributed by atoms with Crippen LogP contribution in [0.1, 0.15) is 6.42 Å². The summed E-state index contributed by atoms with van der Waals surface area (Å²) in [6.07, 6.45) is 1.18. The molecule has 7 rings (SSSR count). The molecule has 4 bridgehead atoms. The van der Waals surface area contributed by atoms with Gasteiger partial charge in [0.1, 0.15) is 0 Å². The molecule has 0 spiro atoms. The number of hydrogen-bond acceptors (Lipinski definition) is 5. The highest BCUT2D eigenvalue weighted by Crippen LogP contribution is 2.93. The highest BCUT2D eigenvalue weighted by molar-refractivity contribution is 5.91. The lowest BCUT2D eigenvalue weighted by atomic mass is 9.54. The number of rotatable bonds is 2. The van der Waals surface area contributed by atoms with Crippen LogP contribution in [0, 0.1) is 47.3 Å². The number of hydrogen-bond donors (Lipinski definition) is 0. The molecule has 0 radical (unpaired) electrons. The van der Waals surface area contributed by atoms with Crippen LogP contribution in [0.2, 0.25) is 0 Å². The van der Waals surface area contributed by atoms with Gasteiger partial charge in [0, 0.05) is 23.7 Å². The summed E-state index contributed by atoms with van der Waals surface area (Å²) in [6, 6.07) is 0. The van der Waals surface area contributed by atoms with Gasteiger partial charge in [0.25, 0.3) is 0 Å². The number of ether oxygens (including phenoxy) is 3. The van der Waals surface area contributed by atoms with Crippen molar-refractivity contribution in [3.63, 3.8) is 0 Å². The van der Waals surface area contributed by atoms with Gasteiger partial charge in [0.05, 0.1) is 14.2 Å². The van der Waals surface area contributed by atoms with Crippen LogP contribution in [0.4, 0.5) is 0 Å². The van der Waals surface area contributed by atoms with E-state index in [4.69, 9.17) is 14.2 Å². The van der Waals surface area contributed by atoms with Crippen molar-refractivity contribution in [2.45, 2.75) is 17.6 Å². The molecule has 0 aromatic rings. The van der Waals surface area contributed by atoms with Gasteiger partial charge >= 0.3 is 11.9 Å². The highest BCUT2D eigenvalue weighted by atomic mass is 16.6. The van der Waals surface area contributed by atoms with Crippen LogP contribution in [0.5, 0.6) is 0 Å². The lowest BCUT2D eigenvalue weighted by Crippen LogP contribution is -2.56. The van der Waals surface area contributed by atoms with Gasteiger partial charge in [-0.1, -0.05) is 0 Å². The van der Waals surface area contributed by atoms with E-state index in [1.165, 1.54) is 20.6 Å². The second-order valence-electron chi connectivity index (χ2n) is 7.49. The predicted molar refractivity (Wildman–Crippen MR) is 63.1 cm³/mol. The standard InChI is InChI=1S/C15H16O5/c1-18-12(16)14-8-4-3-5-7-6(4)10(14)11(7)15(20-14,9(5)8)13(17)19-2/h4-11H,3H2,1-2H3. The molecular formula is C15H16O5. The first-order valence-corrected chi connectivity index (χ1v) is 7.51. The van der Waals surface area contributed by atoms with Crippen LogP contribution in [-0.4, -0.2) is 37.4 Å². The van der Waals surface area contributed by atoms with Gasteiger partial charge in [-0.25, -0.2) is 9.59 Å². The highest BCUT2D eigenvalue weighted by Gasteiger charge is 3.00. The first-order valence-electron chi connectivity index (χ1n) is 7.51.